The van der Waals surface area contributed by atoms with Crippen molar-refractivity contribution in [2.75, 3.05) is 13.7 Å². The maximum absolute atomic E-state index is 11.9. The van der Waals surface area contributed by atoms with E-state index in [4.69, 9.17) is 22.8 Å². The molecule has 26 heavy (non-hydrogen) atoms. The van der Waals surface area contributed by atoms with Crippen molar-refractivity contribution in [1.82, 2.24) is 10.6 Å². The predicted molar refractivity (Wildman–Crippen MR) is 101 cm³/mol. The molecule has 0 saturated heterocycles. The van der Waals surface area contributed by atoms with Crippen LogP contribution in [0.3, 0.4) is 0 Å². The van der Waals surface area contributed by atoms with Gasteiger partial charge < -0.3 is 15.4 Å². The number of carbonyl (C=O) groups excluding carboxylic acids is 1. The van der Waals surface area contributed by atoms with E-state index in [2.05, 4.69) is 21.5 Å². The topological polar surface area (TPSA) is 62.7 Å². The molecule has 0 bridgehead atoms. The summed E-state index contributed by atoms with van der Waals surface area (Å²) < 4.78 is 4.82. The van der Waals surface area contributed by atoms with E-state index in [0.717, 1.165) is 16.5 Å². The maximum Gasteiger partial charge on any atom is 0.337 e. The third-order valence-electron chi connectivity index (χ3n) is 3.80. The van der Waals surface area contributed by atoms with Gasteiger partial charge >= 0.3 is 5.97 Å². The SMILES string of the molecule is C#CCNC1=CNC(c2ccccc2Cl)=c2cc(C(=O)OC)ccc2=N1. The Morgan fingerprint density at radius 2 is 2.15 bits per heavy atom. The summed E-state index contributed by atoms with van der Waals surface area (Å²) in [5, 5.41) is 8.26. The van der Waals surface area contributed by atoms with E-state index < -0.39 is 5.97 Å². The first kappa shape index (κ1) is 17.6. The number of carbonyl (C=O) groups is 1. The van der Waals surface area contributed by atoms with Crippen LogP contribution in [0.15, 0.2) is 59.5 Å². The van der Waals surface area contributed by atoms with Gasteiger partial charge in [-0.15, -0.1) is 6.42 Å². The van der Waals surface area contributed by atoms with Crippen LogP contribution in [0.2, 0.25) is 5.02 Å². The monoisotopic (exact) mass is 365 g/mol. The molecule has 0 atom stereocenters. The van der Waals surface area contributed by atoms with E-state index in [1.54, 1.807) is 30.5 Å². The van der Waals surface area contributed by atoms with Gasteiger partial charge in [0, 0.05) is 22.0 Å². The lowest BCUT2D eigenvalue weighted by atomic mass is 10.1. The number of hydrogen-bond donors (Lipinski definition) is 2. The Hall–Kier alpha value is -3.23. The number of benzene rings is 2. The number of nitrogens with one attached hydrogen (secondary N) is 2. The van der Waals surface area contributed by atoms with Gasteiger partial charge in [0.2, 0.25) is 0 Å². The number of hydrogen-bond acceptors (Lipinski definition) is 5. The number of halogens is 1. The average molecular weight is 366 g/mol. The number of methoxy groups -OCH3 is 1. The molecule has 0 amide bonds. The molecule has 2 N–H and O–H groups in total. The highest BCUT2D eigenvalue weighted by Gasteiger charge is 2.13. The second kappa shape index (κ2) is 7.77. The first-order chi connectivity index (χ1) is 12.6. The molecule has 0 radical (unpaired) electrons. The van der Waals surface area contributed by atoms with Crippen molar-refractivity contribution in [3.8, 4) is 12.3 Å². The van der Waals surface area contributed by atoms with Crippen molar-refractivity contribution < 1.29 is 9.53 Å². The fraction of sp³-hybridized carbons (Fsp3) is 0.100. The molecule has 5 nitrogen and oxygen atoms in total. The molecule has 0 saturated carbocycles. The van der Waals surface area contributed by atoms with Crippen molar-refractivity contribution in [2.45, 2.75) is 0 Å². The van der Waals surface area contributed by atoms with E-state index in [-0.39, 0.29) is 0 Å². The van der Waals surface area contributed by atoms with E-state index >= 15 is 0 Å². The molecule has 0 unspecified atom stereocenters. The zero-order valence-corrected chi connectivity index (χ0v) is 14.8. The van der Waals surface area contributed by atoms with Crippen LogP contribution in [-0.2, 0) is 4.74 Å². The number of terminal acetylenes is 1. The lowest BCUT2D eigenvalue weighted by Gasteiger charge is -2.10. The Morgan fingerprint density at radius 1 is 1.35 bits per heavy atom. The van der Waals surface area contributed by atoms with Crippen molar-refractivity contribution in [1.29, 1.82) is 0 Å². The van der Waals surface area contributed by atoms with E-state index in [1.165, 1.54) is 7.11 Å². The van der Waals surface area contributed by atoms with Gasteiger partial charge in [-0.1, -0.05) is 35.7 Å². The lowest BCUT2D eigenvalue weighted by molar-refractivity contribution is 0.0600. The van der Waals surface area contributed by atoms with Crippen LogP contribution < -0.4 is 21.2 Å². The van der Waals surface area contributed by atoms with Crippen LogP contribution in [0.1, 0.15) is 15.9 Å². The first-order valence-electron chi connectivity index (χ1n) is 7.84. The highest BCUT2D eigenvalue weighted by Crippen LogP contribution is 2.20. The molecule has 1 aliphatic rings. The zero-order valence-electron chi connectivity index (χ0n) is 14.0. The normalized spacial score (nSPS) is 12.5. The molecule has 6 heteroatoms. The minimum atomic E-state index is -0.422. The second-order valence-corrected chi connectivity index (χ2v) is 5.83. The highest BCUT2D eigenvalue weighted by molar-refractivity contribution is 6.32. The van der Waals surface area contributed by atoms with Crippen LogP contribution in [0.25, 0.3) is 5.70 Å². The first-order valence-corrected chi connectivity index (χ1v) is 8.22. The van der Waals surface area contributed by atoms with Gasteiger partial charge in [-0.2, -0.15) is 0 Å². The summed E-state index contributed by atoms with van der Waals surface area (Å²) in [7, 11) is 1.35. The largest absolute Gasteiger partial charge is 0.465 e. The summed E-state index contributed by atoms with van der Waals surface area (Å²) in [5.74, 6) is 2.67. The number of ether oxygens (including phenoxy) is 1. The zero-order chi connectivity index (χ0) is 18.5. The lowest BCUT2D eigenvalue weighted by Crippen LogP contribution is -2.31. The number of esters is 1. The van der Waals surface area contributed by atoms with Gasteiger partial charge in [0.25, 0.3) is 0 Å². The van der Waals surface area contributed by atoms with Crippen molar-refractivity contribution >= 4 is 23.3 Å². The Morgan fingerprint density at radius 3 is 2.88 bits per heavy atom. The molecule has 3 rings (SSSR count). The number of rotatable bonds is 4. The van der Waals surface area contributed by atoms with Crippen molar-refractivity contribution in [3.63, 3.8) is 0 Å². The molecule has 1 aliphatic heterocycles. The van der Waals surface area contributed by atoms with E-state index in [1.807, 2.05) is 18.2 Å². The molecule has 0 spiro atoms. The van der Waals surface area contributed by atoms with Crippen LogP contribution in [-0.4, -0.2) is 19.6 Å². The van der Waals surface area contributed by atoms with Crippen LogP contribution in [0.4, 0.5) is 0 Å². The molecule has 130 valence electrons. The fourth-order valence-corrected chi connectivity index (χ4v) is 2.81. The molecule has 2 aromatic rings. The molecule has 1 heterocycles. The highest BCUT2D eigenvalue weighted by atomic mass is 35.5. The third kappa shape index (κ3) is 3.56. The standard InChI is InChI=1S/C20H16ClN3O2/c1-3-10-22-18-12-23-19(14-6-4-5-7-16(14)21)15-11-13(20(25)26-2)8-9-17(15)24-18/h1,4-9,11-12,22-23H,10H2,2H3. The average Bonchev–Trinajstić information content (AvgIpc) is 2.85. The van der Waals surface area contributed by atoms with Gasteiger partial charge in [-0.25, -0.2) is 9.79 Å². The summed E-state index contributed by atoms with van der Waals surface area (Å²) in [4.78, 5) is 16.5. The van der Waals surface area contributed by atoms with Crippen molar-refractivity contribution in [3.05, 3.63) is 81.2 Å². The smallest absolute Gasteiger partial charge is 0.337 e. The summed E-state index contributed by atoms with van der Waals surface area (Å²) in [6.07, 6.45) is 7.03. The summed E-state index contributed by atoms with van der Waals surface area (Å²) >= 11 is 6.38. The summed E-state index contributed by atoms with van der Waals surface area (Å²) in [6, 6.07) is 12.6. The Labute approximate surface area is 156 Å². The summed E-state index contributed by atoms with van der Waals surface area (Å²) in [6.45, 7) is 0.341. The molecular weight excluding hydrogens is 350 g/mol. The fourth-order valence-electron chi connectivity index (χ4n) is 2.58. The van der Waals surface area contributed by atoms with Gasteiger partial charge in [0.05, 0.1) is 30.3 Å². The van der Waals surface area contributed by atoms with Crippen LogP contribution in [0, 0.1) is 12.3 Å². The summed E-state index contributed by atoms with van der Waals surface area (Å²) in [5.41, 5.74) is 1.95. The number of fused-ring (bicyclic) bond motifs is 1. The molecule has 0 fully saturated rings. The number of nitrogens with zero attached hydrogens (tertiary/aromatic N) is 1. The molecule has 2 aromatic carbocycles. The Balaban J connectivity index is 2.27. The van der Waals surface area contributed by atoms with E-state index in [0.29, 0.717) is 28.3 Å². The molecular formula is C20H16ClN3O2. The minimum Gasteiger partial charge on any atom is -0.465 e. The quantitative estimate of drug-likeness (QED) is 0.637. The Bertz CT molecular complexity index is 1050. The van der Waals surface area contributed by atoms with Gasteiger partial charge in [-0.05, 0) is 24.3 Å². The van der Waals surface area contributed by atoms with Gasteiger partial charge in [0.15, 0.2) is 0 Å². The predicted octanol–water partition coefficient (Wildman–Crippen LogP) is 1.53. The third-order valence-corrected chi connectivity index (χ3v) is 4.13. The maximum atomic E-state index is 11.9. The second-order valence-electron chi connectivity index (χ2n) is 5.42. The van der Waals surface area contributed by atoms with Crippen molar-refractivity contribution in [2.24, 2.45) is 4.99 Å². The molecule has 0 aliphatic carbocycles. The van der Waals surface area contributed by atoms with E-state index in [9.17, 15) is 4.79 Å². The minimum absolute atomic E-state index is 0.341. The van der Waals surface area contributed by atoms with Crippen LogP contribution >= 0.6 is 11.6 Å². The Kier molecular flexibility index (Phi) is 5.26. The molecule has 0 aromatic heterocycles. The van der Waals surface area contributed by atoms with Gasteiger partial charge in [-0.3, -0.25) is 0 Å². The van der Waals surface area contributed by atoms with Crippen LogP contribution in [0.5, 0.6) is 0 Å². The van der Waals surface area contributed by atoms with Gasteiger partial charge in [0.1, 0.15) is 5.82 Å².